The van der Waals surface area contributed by atoms with Gasteiger partial charge >= 0.3 is 0 Å². The van der Waals surface area contributed by atoms with Gasteiger partial charge in [0.1, 0.15) is 18.0 Å². The molecule has 0 spiro atoms. The van der Waals surface area contributed by atoms with Gasteiger partial charge in [-0.3, -0.25) is 29.4 Å². The van der Waals surface area contributed by atoms with E-state index in [-0.39, 0.29) is 30.8 Å². The molecule has 0 radical (unpaired) electrons. The second-order valence-corrected chi connectivity index (χ2v) is 12.9. The maximum atomic E-state index is 13.9. The van der Waals surface area contributed by atoms with E-state index in [1.54, 1.807) is 20.8 Å². The first kappa shape index (κ1) is 30.4. The van der Waals surface area contributed by atoms with Gasteiger partial charge in [0.2, 0.25) is 17.7 Å². The molecule has 0 bridgehead atoms. The molecule has 0 aromatic heterocycles. The Bertz CT molecular complexity index is 1050. The first-order valence-electron chi connectivity index (χ1n) is 13.8. The van der Waals surface area contributed by atoms with Gasteiger partial charge < -0.3 is 15.5 Å². The number of nitrogens with zero attached hydrogens (tertiary/aromatic N) is 2. The molecule has 7 atom stereocenters. The predicted octanol–water partition coefficient (Wildman–Crippen LogP) is 1.72. The Labute approximate surface area is 236 Å². The highest BCUT2D eigenvalue weighted by Crippen LogP contribution is 2.49. The van der Waals surface area contributed by atoms with E-state index in [1.165, 1.54) is 4.90 Å². The smallest absolute Gasteiger partial charge is 0.291 e. The van der Waals surface area contributed by atoms with Gasteiger partial charge in [-0.2, -0.15) is 0 Å². The largest absolute Gasteiger partial charge is 0.356 e. The van der Waals surface area contributed by atoms with Crippen molar-refractivity contribution in [1.29, 1.82) is 0 Å². The van der Waals surface area contributed by atoms with Gasteiger partial charge in [0.15, 0.2) is 0 Å². The number of hydrogen-bond donors (Lipinski definition) is 3. The Morgan fingerprint density at radius 3 is 2.40 bits per heavy atom. The Hall–Kier alpha value is -2.57. The molecule has 40 heavy (non-hydrogen) atoms. The Morgan fingerprint density at radius 2 is 1.82 bits per heavy atom. The third kappa shape index (κ3) is 6.33. The fourth-order valence-corrected chi connectivity index (χ4v) is 6.28. The van der Waals surface area contributed by atoms with Crippen LogP contribution >= 0.6 is 11.6 Å². The summed E-state index contributed by atoms with van der Waals surface area (Å²) in [7, 11) is 0. The van der Waals surface area contributed by atoms with Gasteiger partial charge in [-0.15, -0.1) is 0 Å². The number of hydrogen-bond acceptors (Lipinski definition) is 5. The first-order chi connectivity index (χ1) is 18.6. The number of piperidine rings is 1. The molecule has 4 aliphatic rings. The normalized spacial score (nSPS) is 30.5. The number of alkyl halides is 4. The molecule has 224 valence electrons. The Kier molecular flexibility index (Phi) is 8.64. The zero-order chi connectivity index (χ0) is 29.6. The lowest BCUT2D eigenvalue weighted by atomic mass is 9.85. The SMILES string of the molecule is CC(C)(C)[C@H](NC(=O)C1CC1(F)F)C(=O)N1C[C@@H]2CCC[C@@H]2[C@H]1C(=O)NN(C[C@@H]1CCCNC1=O)C(=O)[C@H](F)Cl. The van der Waals surface area contributed by atoms with Crippen LogP contribution in [-0.2, 0) is 24.0 Å². The maximum absolute atomic E-state index is 13.9. The number of carbonyl (C=O) groups is 5. The van der Waals surface area contributed by atoms with E-state index in [2.05, 4.69) is 16.1 Å². The highest BCUT2D eigenvalue weighted by atomic mass is 35.5. The third-order valence-electron chi connectivity index (χ3n) is 8.48. The van der Waals surface area contributed by atoms with Crippen molar-refractivity contribution in [3.63, 3.8) is 0 Å². The molecule has 5 amide bonds. The van der Waals surface area contributed by atoms with Gasteiger partial charge in [0, 0.05) is 19.5 Å². The van der Waals surface area contributed by atoms with E-state index >= 15 is 0 Å². The highest BCUT2D eigenvalue weighted by molar-refractivity contribution is 6.29. The standard InChI is InChI=1S/C26H37ClF3N5O5/c1-25(2,3)18(32-21(37)16-10-26(16,29)30)23(39)34-11-13-6-4-8-15(13)17(34)22(38)33-35(24(40)19(27)28)12-14-7-5-9-31-20(14)36/h13-19H,4-12H2,1-3H3,(H,31,36)(H,32,37)(H,33,38)/t13-,14-,15-,16?,17-,18+,19-/m0/s1. The van der Waals surface area contributed by atoms with Gasteiger partial charge in [0.05, 0.1) is 12.5 Å². The molecule has 1 unspecified atom stereocenters. The van der Waals surface area contributed by atoms with Crippen LogP contribution in [0.3, 0.4) is 0 Å². The van der Waals surface area contributed by atoms with Crippen molar-refractivity contribution < 1.29 is 37.1 Å². The molecular weight excluding hydrogens is 555 g/mol. The van der Waals surface area contributed by atoms with Crippen molar-refractivity contribution in [3.8, 4) is 0 Å². The summed E-state index contributed by atoms with van der Waals surface area (Å²) in [5.74, 6) is -9.37. The van der Waals surface area contributed by atoms with Crippen LogP contribution in [0.4, 0.5) is 13.2 Å². The van der Waals surface area contributed by atoms with Crippen molar-refractivity contribution in [2.45, 2.75) is 82.9 Å². The lowest BCUT2D eigenvalue weighted by Gasteiger charge is -2.37. The molecule has 0 aromatic rings. The lowest BCUT2D eigenvalue weighted by Crippen LogP contribution is -2.61. The van der Waals surface area contributed by atoms with Crippen LogP contribution in [0.25, 0.3) is 0 Å². The van der Waals surface area contributed by atoms with E-state index in [9.17, 15) is 37.1 Å². The summed E-state index contributed by atoms with van der Waals surface area (Å²) >= 11 is 5.41. The molecule has 2 saturated carbocycles. The topological polar surface area (TPSA) is 128 Å². The number of nitrogens with one attached hydrogen (secondary N) is 3. The van der Waals surface area contributed by atoms with Gasteiger partial charge in [-0.05, 0) is 42.9 Å². The molecule has 2 aliphatic carbocycles. The quantitative estimate of drug-likeness (QED) is 0.307. The highest BCUT2D eigenvalue weighted by Gasteiger charge is 2.62. The molecule has 4 fully saturated rings. The fourth-order valence-electron chi connectivity index (χ4n) is 6.16. The number of fused-ring (bicyclic) bond motifs is 1. The number of hydrazine groups is 1. The molecule has 2 heterocycles. The summed E-state index contributed by atoms with van der Waals surface area (Å²) in [5.41, 5.74) is -0.910. The van der Waals surface area contributed by atoms with Crippen LogP contribution in [-0.4, -0.2) is 82.7 Å². The molecule has 2 aliphatic heterocycles. The first-order valence-corrected chi connectivity index (χ1v) is 14.2. The zero-order valence-electron chi connectivity index (χ0n) is 22.9. The molecule has 4 rings (SSSR count). The van der Waals surface area contributed by atoms with Gasteiger partial charge in [-0.1, -0.05) is 38.8 Å². The molecule has 0 aromatic carbocycles. The minimum Gasteiger partial charge on any atom is -0.356 e. The van der Waals surface area contributed by atoms with Crippen molar-refractivity contribution in [2.24, 2.45) is 29.1 Å². The molecule has 2 saturated heterocycles. The molecule has 14 heteroatoms. The fraction of sp³-hybridized carbons (Fsp3) is 0.808. The van der Waals surface area contributed by atoms with Gasteiger partial charge in [0.25, 0.3) is 23.4 Å². The third-order valence-corrected chi connectivity index (χ3v) is 8.67. The average molecular weight is 592 g/mol. The lowest BCUT2D eigenvalue weighted by molar-refractivity contribution is -0.151. The van der Waals surface area contributed by atoms with E-state index in [0.717, 1.165) is 12.8 Å². The van der Waals surface area contributed by atoms with E-state index in [1.807, 2.05) is 0 Å². The number of carbonyl (C=O) groups excluding carboxylic acids is 5. The monoisotopic (exact) mass is 591 g/mol. The molecule has 3 N–H and O–H groups in total. The molecular formula is C26H37ClF3N5O5. The van der Waals surface area contributed by atoms with Crippen LogP contribution in [0, 0.1) is 29.1 Å². The number of amides is 5. The average Bonchev–Trinajstić information content (AvgIpc) is 3.17. The van der Waals surface area contributed by atoms with E-state index in [4.69, 9.17) is 11.6 Å². The predicted molar refractivity (Wildman–Crippen MR) is 137 cm³/mol. The zero-order valence-corrected chi connectivity index (χ0v) is 23.6. The van der Waals surface area contributed by atoms with E-state index < -0.39 is 70.9 Å². The van der Waals surface area contributed by atoms with Crippen LogP contribution in [0.15, 0.2) is 0 Å². The minimum absolute atomic E-state index is 0.0148. The van der Waals surface area contributed by atoms with Crippen molar-refractivity contribution in [2.75, 3.05) is 19.6 Å². The van der Waals surface area contributed by atoms with Crippen molar-refractivity contribution >= 4 is 41.1 Å². The summed E-state index contributed by atoms with van der Waals surface area (Å²) in [4.78, 5) is 66.4. The van der Waals surface area contributed by atoms with Crippen LogP contribution in [0.2, 0.25) is 0 Å². The summed E-state index contributed by atoms with van der Waals surface area (Å²) in [5, 5.41) is 5.87. The second kappa shape index (κ2) is 11.4. The summed E-state index contributed by atoms with van der Waals surface area (Å²) < 4.78 is 41.0. The molecule has 10 nitrogen and oxygen atoms in total. The number of rotatable bonds is 7. The minimum atomic E-state index is -3.11. The van der Waals surface area contributed by atoms with Crippen LogP contribution in [0.1, 0.15) is 59.3 Å². The van der Waals surface area contributed by atoms with Crippen LogP contribution in [0.5, 0.6) is 0 Å². The second-order valence-electron chi connectivity index (χ2n) is 12.5. The Balaban J connectivity index is 1.55. The van der Waals surface area contributed by atoms with Crippen LogP contribution < -0.4 is 16.1 Å². The van der Waals surface area contributed by atoms with Gasteiger partial charge in [-0.25, -0.2) is 18.2 Å². The number of halogens is 4. The maximum Gasteiger partial charge on any atom is 0.291 e. The Morgan fingerprint density at radius 1 is 1.15 bits per heavy atom. The summed E-state index contributed by atoms with van der Waals surface area (Å²) in [6.07, 6.45) is 2.72. The number of likely N-dealkylation sites (tertiary alicyclic amines) is 1. The van der Waals surface area contributed by atoms with Crippen molar-refractivity contribution in [3.05, 3.63) is 0 Å². The summed E-state index contributed by atoms with van der Waals surface area (Å²) in [6, 6.07) is -2.24. The van der Waals surface area contributed by atoms with E-state index in [0.29, 0.717) is 30.8 Å². The summed E-state index contributed by atoms with van der Waals surface area (Å²) in [6.45, 7) is 5.44. The van der Waals surface area contributed by atoms with Crippen molar-refractivity contribution in [1.82, 2.24) is 26.0 Å².